The summed E-state index contributed by atoms with van der Waals surface area (Å²) in [5.41, 5.74) is 0.395. The summed E-state index contributed by atoms with van der Waals surface area (Å²) in [7, 11) is 0. The van der Waals surface area contributed by atoms with Gasteiger partial charge in [-0.25, -0.2) is 4.98 Å². The number of ether oxygens (including phenoxy) is 1. The van der Waals surface area contributed by atoms with Crippen LogP contribution < -0.4 is 4.74 Å². The summed E-state index contributed by atoms with van der Waals surface area (Å²) in [5, 5.41) is 8.63. The number of nitrogens with zero attached hydrogens (tertiary/aromatic N) is 2. The van der Waals surface area contributed by atoms with Gasteiger partial charge in [0.2, 0.25) is 5.88 Å². The van der Waals surface area contributed by atoms with Gasteiger partial charge in [0.05, 0.1) is 6.10 Å². The zero-order chi connectivity index (χ0) is 10.4. The van der Waals surface area contributed by atoms with Gasteiger partial charge in [0, 0.05) is 6.07 Å². The number of nitriles is 1. The van der Waals surface area contributed by atoms with E-state index < -0.39 is 0 Å². The van der Waals surface area contributed by atoms with E-state index in [1.807, 2.05) is 13.0 Å². The predicted octanol–water partition coefficient (Wildman–Crippen LogP) is 2.52. The van der Waals surface area contributed by atoms with E-state index in [0.29, 0.717) is 11.6 Å². The number of aromatic nitrogens is 1. The standard InChI is InChI=1S/C11H14N2O/c1-3-5-9(2)14-11-7-4-6-10(8-12)13-11/h4,6-7,9H,3,5H2,1-2H3. The molecule has 0 radical (unpaired) electrons. The topological polar surface area (TPSA) is 45.9 Å². The Morgan fingerprint density at radius 1 is 1.57 bits per heavy atom. The Bertz CT molecular complexity index is 330. The summed E-state index contributed by atoms with van der Waals surface area (Å²) in [6, 6.07) is 7.19. The molecule has 1 heterocycles. The molecule has 3 nitrogen and oxygen atoms in total. The van der Waals surface area contributed by atoms with Gasteiger partial charge in [0.25, 0.3) is 0 Å². The lowest BCUT2D eigenvalue weighted by molar-refractivity contribution is 0.201. The van der Waals surface area contributed by atoms with Crippen molar-refractivity contribution in [3.05, 3.63) is 23.9 Å². The summed E-state index contributed by atoms with van der Waals surface area (Å²) in [5.74, 6) is 0.532. The van der Waals surface area contributed by atoms with Gasteiger partial charge in [-0.3, -0.25) is 0 Å². The van der Waals surface area contributed by atoms with Crippen molar-refractivity contribution < 1.29 is 4.74 Å². The van der Waals surface area contributed by atoms with Crippen LogP contribution in [0.25, 0.3) is 0 Å². The molecule has 74 valence electrons. The molecule has 0 aromatic carbocycles. The van der Waals surface area contributed by atoms with Crippen LogP contribution in [0, 0.1) is 11.3 Å². The van der Waals surface area contributed by atoms with E-state index in [0.717, 1.165) is 12.8 Å². The van der Waals surface area contributed by atoms with Crippen LogP contribution in [0.2, 0.25) is 0 Å². The summed E-state index contributed by atoms with van der Waals surface area (Å²) >= 11 is 0. The Kier molecular flexibility index (Phi) is 3.93. The number of hydrogen-bond donors (Lipinski definition) is 0. The fourth-order valence-electron chi connectivity index (χ4n) is 1.21. The van der Waals surface area contributed by atoms with Gasteiger partial charge in [-0.1, -0.05) is 19.4 Å². The maximum Gasteiger partial charge on any atom is 0.214 e. The molecule has 0 aliphatic rings. The van der Waals surface area contributed by atoms with Crippen LogP contribution >= 0.6 is 0 Å². The minimum absolute atomic E-state index is 0.154. The molecule has 0 spiro atoms. The summed E-state index contributed by atoms with van der Waals surface area (Å²) < 4.78 is 5.54. The first kappa shape index (κ1) is 10.5. The van der Waals surface area contributed by atoms with Crippen molar-refractivity contribution in [2.24, 2.45) is 0 Å². The molecule has 0 amide bonds. The predicted molar refractivity (Wildman–Crippen MR) is 54.0 cm³/mol. The normalized spacial score (nSPS) is 11.8. The highest BCUT2D eigenvalue weighted by atomic mass is 16.5. The largest absolute Gasteiger partial charge is 0.475 e. The quantitative estimate of drug-likeness (QED) is 0.732. The second-order valence-electron chi connectivity index (χ2n) is 3.19. The minimum Gasteiger partial charge on any atom is -0.475 e. The van der Waals surface area contributed by atoms with Gasteiger partial charge >= 0.3 is 0 Å². The highest BCUT2D eigenvalue weighted by Gasteiger charge is 2.03. The minimum atomic E-state index is 0.154. The molecule has 3 heteroatoms. The Hall–Kier alpha value is -1.56. The van der Waals surface area contributed by atoms with Crippen LogP contribution in [-0.2, 0) is 0 Å². The lowest BCUT2D eigenvalue weighted by Crippen LogP contribution is -2.11. The second kappa shape index (κ2) is 5.23. The molecule has 1 aromatic heterocycles. The van der Waals surface area contributed by atoms with E-state index >= 15 is 0 Å². The third-order valence-corrected chi connectivity index (χ3v) is 1.86. The molecule has 1 rings (SSSR count). The van der Waals surface area contributed by atoms with Crippen molar-refractivity contribution in [1.82, 2.24) is 4.98 Å². The van der Waals surface area contributed by atoms with Crippen LogP contribution in [0.15, 0.2) is 18.2 Å². The third kappa shape index (κ3) is 3.06. The Labute approximate surface area is 84.3 Å². The van der Waals surface area contributed by atoms with Gasteiger partial charge in [-0.2, -0.15) is 5.26 Å². The molecule has 0 saturated heterocycles. The van der Waals surface area contributed by atoms with Gasteiger partial charge in [-0.15, -0.1) is 0 Å². The summed E-state index contributed by atoms with van der Waals surface area (Å²) in [4.78, 5) is 4.03. The van der Waals surface area contributed by atoms with Crippen molar-refractivity contribution in [2.45, 2.75) is 32.8 Å². The Morgan fingerprint density at radius 3 is 3.00 bits per heavy atom. The van der Waals surface area contributed by atoms with Gasteiger partial charge in [0.15, 0.2) is 0 Å². The van der Waals surface area contributed by atoms with Gasteiger partial charge in [0.1, 0.15) is 11.8 Å². The fraction of sp³-hybridized carbons (Fsp3) is 0.455. The lowest BCUT2D eigenvalue weighted by Gasteiger charge is -2.12. The highest BCUT2D eigenvalue weighted by Crippen LogP contribution is 2.11. The SMILES string of the molecule is CCCC(C)Oc1cccc(C#N)n1. The summed E-state index contributed by atoms with van der Waals surface area (Å²) in [6.07, 6.45) is 2.24. The number of hydrogen-bond acceptors (Lipinski definition) is 3. The van der Waals surface area contributed by atoms with Crippen LogP contribution in [0.1, 0.15) is 32.4 Å². The second-order valence-corrected chi connectivity index (χ2v) is 3.19. The third-order valence-electron chi connectivity index (χ3n) is 1.86. The average molecular weight is 190 g/mol. The van der Waals surface area contributed by atoms with E-state index in [4.69, 9.17) is 10.00 Å². The highest BCUT2D eigenvalue weighted by molar-refractivity contribution is 5.24. The maximum absolute atomic E-state index is 8.63. The molecular formula is C11H14N2O. The molecule has 0 saturated carbocycles. The first-order valence-corrected chi connectivity index (χ1v) is 4.80. The van der Waals surface area contributed by atoms with E-state index in [2.05, 4.69) is 11.9 Å². The molecular weight excluding hydrogens is 176 g/mol. The first-order valence-electron chi connectivity index (χ1n) is 4.80. The fourth-order valence-corrected chi connectivity index (χ4v) is 1.21. The van der Waals surface area contributed by atoms with Gasteiger partial charge in [-0.05, 0) is 19.4 Å². The van der Waals surface area contributed by atoms with E-state index in [1.165, 1.54) is 0 Å². The molecule has 0 N–H and O–H groups in total. The summed E-state index contributed by atoms with van der Waals surface area (Å²) in [6.45, 7) is 4.11. The van der Waals surface area contributed by atoms with Crippen molar-refractivity contribution in [3.63, 3.8) is 0 Å². The van der Waals surface area contributed by atoms with Gasteiger partial charge < -0.3 is 4.74 Å². The van der Waals surface area contributed by atoms with Crippen molar-refractivity contribution in [2.75, 3.05) is 0 Å². The molecule has 1 atom stereocenters. The molecule has 0 aliphatic heterocycles. The molecule has 1 aromatic rings. The Morgan fingerprint density at radius 2 is 2.36 bits per heavy atom. The van der Waals surface area contributed by atoms with Crippen LogP contribution in [0.4, 0.5) is 0 Å². The monoisotopic (exact) mass is 190 g/mol. The van der Waals surface area contributed by atoms with Crippen LogP contribution in [0.5, 0.6) is 5.88 Å². The molecule has 0 aliphatic carbocycles. The zero-order valence-corrected chi connectivity index (χ0v) is 8.53. The average Bonchev–Trinajstić information content (AvgIpc) is 2.18. The Balaban J connectivity index is 2.63. The van der Waals surface area contributed by atoms with Crippen molar-refractivity contribution in [1.29, 1.82) is 5.26 Å². The molecule has 14 heavy (non-hydrogen) atoms. The first-order chi connectivity index (χ1) is 6.76. The van der Waals surface area contributed by atoms with Crippen LogP contribution in [0.3, 0.4) is 0 Å². The van der Waals surface area contributed by atoms with Crippen LogP contribution in [-0.4, -0.2) is 11.1 Å². The van der Waals surface area contributed by atoms with E-state index in [-0.39, 0.29) is 6.10 Å². The molecule has 0 fully saturated rings. The lowest BCUT2D eigenvalue weighted by atomic mass is 10.2. The smallest absolute Gasteiger partial charge is 0.214 e. The number of rotatable bonds is 4. The van der Waals surface area contributed by atoms with Crippen molar-refractivity contribution >= 4 is 0 Å². The van der Waals surface area contributed by atoms with E-state index in [9.17, 15) is 0 Å². The van der Waals surface area contributed by atoms with Crippen molar-refractivity contribution in [3.8, 4) is 11.9 Å². The maximum atomic E-state index is 8.63. The zero-order valence-electron chi connectivity index (χ0n) is 8.53. The number of pyridine rings is 1. The molecule has 0 bridgehead atoms. The van der Waals surface area contributed by atoms with E-state index in [1.54, 1.807) is 18.2 Å². The molecule has 1 unspecified atom stereocenters.